The largest absolute Gasteiger partial charge is 0.497 e. The summed E-state index contributed by atoms with van der Waals surface area (Å²) >= 11 is 1.54. The molecular formula is C23H26N2O4S. The van der Waals surface area contributed by atoms with Crippen molar-refractivity contribution in [3.63, 3.8) is 0 Å². The minimum atomic E-state index is 0.0524. The van der Waals surface area contributed by atoms with Gasteiger partial charge in [-0.3, -0.25) is 4.79 Å². The predicted octanol–water partition coefficient (Wildman–Crippen LogP) is 4.78. The third kappa shape index (κ3) is 4.67. The summed E-state index contributed by atoms with van der Waals surface area (Å²) in [6.07, 6.45) is 1.76. The summed E-state index contributed by atoms with van der Waals surface area (Å²) in [6, 6.07) is 13.2. The van der Waals surface area contributed by atoms with E-state index in [4.69, 9.17) is 14.2 Å². The van der Waals surface area contributed by atoms with Gasteiger partial charge in [0.2, 0.25) is 0 Å². The van der Waals surface area contributed by atoms with Gasteiger partial charge in [0, 0.05) is 37.6 Å². The maximum absolute atomic E-state index is 12.8. The molecule has 1 aliphatic heterocycles. The third-order valence-corrected chi connectivity index (χ3v) is 5.97. The van der Waals surface area contributed by atoms with E-state index in [-0.39, 0.29) is 18.1 Å². The van der Waals surface area contributed by atoms with Crippen LogP contribution in [0.5, 0.6) is 16.7 Å². The molecule has 1 aliphatic rings. The van der Waals surface area contributed by atoms with Crippen LogP contribution in [0, 0.1) is 0 Å². The van der Waals surface area contributed by atoms with Crippen LogP contribution in [0.4, 0.5) is 0 Å². The molecule has 2 heterocycles. The van der Waals surface area contributed by atoms with Crippen molar-refractivity contribution in [2.75, 3.05) is 20.2 Å². The second-order valence-electron chi connectivity index (χ2n) is 7.61. The van der Waals surface area contributed by atoms with Gasteiger partial charge in [0.1, 0.15) is 17.6 Å². The number of nitrogens with zero attached hydrogens (tertiary/aromatic N) is 2. The molecule has 1 fully saturated rings. The lowest BCUT2D eigenvalue weighted by atomic mass is 10.1. The van der Waals surface area contributed by atoms with Crippen molar-refractivity contribution in [1.82, 2.24) is 9.88 Å². The van der Waals surface area contributed by atoms with Crippen LogP contribution in [0.1, 0.15) is 37.0 Å². The van der Waals surface area contributed by atoms with Crippen LogP contribution in [0.25, 0.3) is 10.2 Å². The van der Waals surface area contributed by atoms with Gasteiger partial charge in [-0.1, -0.05) is 11.3 Å². The second-order valence-corrected chi connectivity index (χ2v) is 8.61. The van der Waals surface area contributed by atoms with Crippen LogP contribution in [0.15, 0.2) is 42.5 Å². The number of hydrogen-bond acceptors (Lipinski definition) is 6. The molecule has 1 aromatic heterocycles. The van der Waals surface area contributed by atoms with Gasteiger partial charge in [-0.15, -0.1) is 0 Å². The van der Waals surface area contributed by atoms with Crippen molar-refractivity contribution in [3.8, 4) is 16.7 Å². The number of aromatic nitrogens is 1. The molecular weight excluding hydrogens is 400 g/mol. The van der Waals surface area contributed by atoms with Gasteiger partial charge >= 0.3 is 0 Å². The SMILES string of the molecule is COc1ccc2sc(OC3CCN(C(=O)c4ccc(OC(C)C)cc4)CC3)nc2c1. The normalized spacial score (nSPS) is 14.9. The topological polar surface area (TPSA) is 60.9 Å². The Labute approximate surface area is 180 Å². The van der Waals surface area contributed by atoms with Crippen molar-refractivity contribution < 1.29 is 19.0 Å². The Morgan fingerprint density at radius 3 is 2.47 bits per heavy atom. The first-order valence-electron chi connectivity index (χ1n) is 10.2. The summed E-state index contributed by atoms with van der Waals surface area (Å²) in [5.41, 5.74) is 1.57. The Balaban J connectivity index is 1.32. The number of fused-ring (bicyclic) bond motifs is 1. The highest BCUT2D eigenvalue weighted by Gasteiger charge is 2.25. The summed E-state index contributed by atoms with van der Waals surface area (Å²) in [4.78, 5) is 19.3. The molecule has 0 saturated carbocycles. The van der Waals surface area contributed by atoms with Gasteiger partial charge in [0.05, 0.1) is 23.4 Å². The smallest absolute Gasteiger partial charge is 0.274 e. The zero-order valence-electron chi connectivity index (χ0n) is 17.5. The number of likely N-dealkylation sites (tertiary alicyclic amines) is 1. The van der Waals surface area contributed by atoms with E-state index in [0.717, 1.165) is 34.6 Å². The van der Waals surface area contributed by atoms with Crippen LogP contribution in [-0.4, -0.2) is 48.2 Å². The van der Waals surface area contributed by atoms with Gasteiger partial charge in [-0.25, -0.2) is 4.98 Å². The number of ether oxygens (including phenoxy) is 3. The van der Waals surface area contributed by atoms with E-state index in [2.05, 4.69) is 4.98 Å². The van der Waals surface area contributed by atoms with Crippen molar-refractivity contribution in [1.29, 1.82) is 0 Å². The monoisotopic (exact) mass is 426 g/mol. The standard InChI is InChI=1S/C23H26N2O4S/c1-15(2)28-17-6-4-16(5-7-17)22(26)25-12-10-18(11-13-25)29-23-24-20-14-19(27-3)8-9-21(20)30-23/h4-9,14-15,18H,10-13H2,1-3H3. The van der Waals surface area contributed by atoms with Crippen LogP contribution in [0.3, 0.4) is 0 Å². The Morgan fingerprint density at radius 2 is 1.80 bits per heavy atom. The Bertz CT molecular complexity index is 1010. The van der Waals surface area contributed by atoms with Gasteiger partial charge < -0.3 is 19.1 Å². The van der Waals surface area contributed by atoms with Crippen LogP contribution >= 0.6 is 11.3 Å². The molecule has 7 heteroatoms. The van der Waals surface area contributed by atoms with E-state index in [0.29, 0.717) is 23.8 Å². The number of rotatable bonds is 6. The maximum Gasteiger partial charge on any atom is 0.274 e. The van der Waals surface area contributed by atoms with Crippen molar-refractivity contribution in [2.24, 2.45) is 0 Å². The molecule has 0 N–H and O–H groups in total. The van der Waals surface area contributed by atoms with Crippen LogP contribution < -0.4 is 14.2 Å². The highest BCUT2D eigenvalue weighted by atomic mass is 32.1. The number of carbonyl (C=O) groups is 1. The molecule has 0 atom stereocenters. The van der Waals surface area contributed by atoms with Gasteiger partial charge in [0.25, 0.3) is 11.1 Å². The first kappa shape index (κ1) is 20.5. The number of amides is 1. The van der Waals surface area contributed by atoms with E-state index in [1.54, 1.807) is 7.11 Å². The molecule has 0 unspecified atom stereocenters. The van der Waals surface area contributed by atoms with Gasteiger partial charge in [-0.2, -0.15) is 0 Å². The van der Waals surface area contributed by atoms with Crippen molar-refractivity contribution >= 4 is 27.5 Å². The van der Waals surface area contributed by atoms with Gasteiger partial charge in [-0.05, 0) is 50.2 Å². The molecule has 1 saturated heterocycles. The number of thiazole rings is 1. The van der Waals surface area contributed by atoms with E-state index in [1.807, 2.05) is 61.2 Å². The molecule has 0 radical (unpaired) electrons. The second kappa shape index (κ2) is 8.92. The molecule has 2 aromatic carbocycles. The molecule has 0 bridgehead atoms. The number of benzene rings is 2. The van der Waals surface area contributed by atoms with Crippen LogP contribution in [0.2, 0.25) is 0 Å². The molecule has 0 aliphatic carbocycles. The average molecular weight is 427 g/mol. The van der Waals surface area contributed by atoms with Crippen molar-refractivity contribution in [2.45, 2.75) is 38.9 Å². The summed E-state index contributed by atoms with van der Waals surface area (Å²) in [5.74, 6) is 1.62. The van der Waals surface area contributed by atoms with Crippen molar-refractivity contribution in [3.05, 3.63) is 48.0 Å². The summed E-state index contributed by atoms with van der Waals surface area (Å²) in [5, 5.41) is 0.670. The van der Waals surface area contributed by atoms with Gasteiger partial charge in [0.15, 0.2) is 0 Å². The Kier molecular flexibility index (Phi) is 6.08. The summed E-state index contributed by atoms with van der Waals surface area (Å²) in [7, 11) is 1.65. The number of hydrogen-bond donors (Lipinski definition) is 0. The number of piperidine rings is 1. The van der Waals surface area contributed by atoms with Crippen LogP contribution in [-0.2, 0) is 0 Å². The number of carbonyl (C=O) groups excluding carboxylic acids is 1. The first-order valence-corrected chi connectivity index (χ1v) is 11.0. The van der Waals surface area contributed by atoms with E-state index in [1.165, 1.54) is 11.3 Å². The van der Waals surface area contributed by atoms with E-state index < -0.39 is 0 Å². The summed E-state index contributed by atoms with van der Waals surface area (Å²) < 4.78 is 18.1. The fourth-order valence-electron chi connectivity index (χ4n) is 3.51. The number of methoxy groups -OCH3 is 1. The highest BCUT2D eigenvalue weighted by Crippen LogP contribution is 2.32. The lowest BCUT2D eigenvalue weighted by molar-refractivity contribution is 0.0595. The zero-order valence-corrected chi connectivity index (χ0v) is 18.3. The minimum absolute atomic E-state index is 0.0524. The predicted molar refractivity (Wildman–Crippen MR) is 118 cm³/mol. The quantitative estimate of drug-likeness (QED) is 0.568. The lowest BCUT2D eigenvalue weighted by Crippen LogP contribution is -2.41. The first-order chi connectivity index (χ1) is 14.5. The highest BCUT2D eigenvalue weighted by molar-refractivity contribution is 7.20. The summed E-state index contributed by atoms with van der Waals surface area (Å²) in [6.45, 7) is 5.31. The van der Waals surface area contributed by atoms with E-state index >= 15 is 0 Å². The zero-order chi connectivity index (χ0) is 21.1. The Morgan fingerprint density at radius 1 is 1.10 bits per heavy atom. The molecule has 4 rings (SSSR count). The molecule has 3 aromatic rings. The average Bonchev–Trinajstić information content (AvgIpc) is 3.15. The maximum atomic E-state index is 12.8. The molecule has 6 nitrogen and oxygen atoms in total. The van der Waals surface area contributed by atoms with E-state index in [9.17, 15) is 4.79 Å². The molecule has 0 spiro atoms. The fraction of sp³-hybridized carbons (Fsp3) is 0.391. The molecule has 30 heavy (non-hydrogen) atoms. The fourth-order valence-corrected chi connectivity index (χ4v) is 4.38. The minimum Gasteiger partial charge on any atom is -0.497 e. The lowest BCUT2D eigenvalue weighted by Gasteiger charge is -2.31. The third-order valence-electron chi connectivity index (χ3n) is 5.04. The molecule has 158 valence electrons. The molecule has 1 amide bonds. The Hall–Kier alpha value is -2.80.